The smallest absolute Gasteiger partial charge is 0.178 e. The number of rotatable bonds is 5. The molecule has 0 aliphatic rings. The third-order valence-electron chi connectivity index (χ3n) is 2.40. The topological polar surface area (TPSA) is 52.8 Å². The number of carbonyl (C=O) groups excluding carboxylic acids is 1. The van der Waals surface area contributed by atoms with Gasteiger partial charge in [0.25, 0.3) is 0 Å². The molecule has 2 heterocycles. The lowest BCUT2D eigenvalue weighted by Gasteiger charge is -2.05. The van der Waals surface area contributed by atoms with E-state index in [2.05, 4.69) is 4.98 Å². The van der Waals surface area contributed by atoms with E-state index < -0.39 is 0 Å². The van der Waals surface area contributed by atoms with Gasteiger partial charge in [-0.05, 0) is 6.07 Å². The fraction of sp³-hybridized carbons (Fsp3) is 0.333. The molecule has 0 unspecified atom stereocenters. The van der Waals surface area contributed by atoms with Gasteiger partial charge in [-0.25, -0.2) is 4.98 Å². The van der Waals surface area contributed by atoms with E-state index in [-0.39, 0.29) is 5.78 Å². The van der Waals surface area contributed by atoms with Crippen LogP contribution in [0, 0.1) is 0 Å². The number of Topliss-reactive ketones (excluding diaryl/α,β-unsaturated/α-hetero) is 1. The van der Waals surface area contributed by atoms with Crippen LogP contribution in [0.3, 0.4) is 0 Å². The molecular formula is C12H14N2O3. The molecule has 0 aliphatic carbocycles. The van der Waals surface area contributed by atoms with Crippen molar-refractivity contribution in [3.63, 3.8) is 0 Å². The van der Waals surface area contributed by atoms with Crippen molar-refractivity contribution in [2.24, 2.45) is 0 Å². The molecule has 0 fully saturated rings. The van der Waals surface area contributed by atoms with Gasteiger partial charge in [-0.3, -0.25) is 9.20 Å². The highest BCUT2D eigenvalue weighted by atomic mass is 16.5. The zero-order valence-corrected chi connectivity index (χ0v) is 9.84. The van der Waals surface area contributed by atoms with Crippen molar-refractivity contribution in [3.05, 3.63) is 30.2 Å². The molecule has 0 spiro atoms. The maximum Gasteiger partial charge on any atom is 0.178 e. The molecule has 0 bridgehead atoms. The van der Waals surface area contributed by atoms with Crippen LogP contribution in [0.4, 0.5) is 0 Å². The molecule has 17 heavy (non-hydrogen) atoms. The van der Waals surface area contributed by atoms with Crippen LogP contribution < -0.4 is 4.74 Å². The Balaban J connectivity index is 2.23. The summed E-state index contributed by atoms with van der Waals surface area (Å²) in [5, 5.41) is 0. The minimum atomic E-state index is -0.00875. The summed E-state index contributed by atoms with van der Waals surface area (Å²) in [5.74, 6) is 0.709. The van der Waals surface area contributed by atoms with Gasteiger partial charge in [0.05, 0.1) is 12.8 Å². The van der Waals surface area contributed by atoms with Crippen LogP contribution in [-0.4, -0.2) is 35.5 Å². The zero-order chi connectivity index (χ0) is 12.3. The van der Waals surface area contributed by atoms with Gasteiger partial charge in [0.2, 0.25) is 0 Å². The Morgan fingerprint density at radius 1 is 1.47 bits per heavy atom. The minimum absolute atomic E-state index is 0.00875. The second-order valence-corrected chi connectivity index (χ2v) is 3.63. The monoisotopic (exact) mass is 234 g/mol. The molecular weight excluding hydrogens is 220 g/mol. The third-order valence-corrected chi connectivity index (χ3v) is 2.40. The maximum atomic E-state index is 11.3. The largest absolute Gasteiger partial charge is 0.491 e. The Bertz CT molecular complexity index is 534. The van der Waals surface area contributed by atoms with E-state index in [9.17, 15) is 4.79 Å². The number of imidazole rings is 1. The molecule has 0 aliphatic heterocycles. The highest BCUT2D eigenvalue weighted by Crippen LogP contribution is 2.15. The van der Waals surface area contributed by atoms with Gasteiger partial charge in [0, 0.05) is 26.3 Å². The molecule has 5 nitrogen and oxygen atoms in total. The summed E-state index contributed by atoms with van der Waals surface area (Å²) in [5.41, 5.74) is 1.27. The predicted octanol–water partition coefficient (Wildman–Crippen LogP) is 1.56. The van der Waals surface area contributed by atoms with E-state index in [0.717, 1.165) is 5.75 Å². The third kappa shape index (κ3) is 2.45. The molecule has 0 saturated heterocycles. The number of methoxy groups -OCH3 is 1. The van der Waals surface area contributed by atoms with Crippen LogP contribution >= 0.6 is 0 Å². The van der Waals surface area contributed by atoms with E-state index in [0.29, 0.717) is 24.6 Å². The molecule has 2 aromatic rings. The van der Waals surface area contributed by atoms with Crippen LogP contribution in [-0.2, 0) is 4.74 Å². The first kappa shape index (κ1) is 11.6. The average Bonchev–Trinajstić information content (AvgIpc) is 2.72. The fourth-order valence-electron chi connectivity index (χ4n) is 1.56. The van der Waals surface area contributed by atoms with Gasteiger partial charge in [-0.2, -0.15) is 0 Å². The lowest BCUT2D eigenvalue weighted by Crippen LogP contribution is -2.05. The first-order valence-electron chi connectivity index (χ1n) is 5.32. The van der Waals surface area contributed by atoms with Gasteiger partial charge in [-0.1, -0.05) is 0 Å². The first-order valence-corrected chi connectivity index (χ1v) is 5.32. The molecule has 90 valence electrons. The second-order valence-electron chi connectivity index (χ2n) is 3.63. The van der Waals surface area contributed by atoms with Gasteiger partial charge in [0.15, 0.2) is 5.78 Å². The van der Waals surface area contributed by atoms with Crippen LogP contribution in [0.5, 0.6) is 5.75 Å². The highest BCUT2D eigenvalue weighted by molar-refractivity contribution is 5.93. The molecule has 5 heteroatoms. The Hall–Kier alpha value is -1.88. The van der Waals surface area contributed by atoms with Crippen molar-refractivity contribution in [1.82, 2.24) is 9.38 Å². The van der Waals surface area contributed by atoms with E-state index in [1.807, 2.05) is 0 Å². The minimum Gasteiger partial charge on any atom is -0.491 e. The normalized spacial score (nSPS) is 10.7. The molecule has 0 aromatic carbocycles. The number of ether oxygens (including phenoxy) is 2. The fourth-order valence-corrected chi connectivity index (χ4v) is 1.56. The number of pyridine rings is 1. The number of nitrogens with zero attached hydrogens (tertiary/aromatic N) is 2. The number of aromatic nitrogens is 2. The lowest BCUT2D eigenvalue weighted by molar-refractivity contribution is 0.101. The van der Waals surface area contributed by atoms with Crippen molar-refractivity contribution < 1.29 is 14.3 Å². The number of fused-ring (bicyclic) bond motifs is 1. The van der Waals surface area contributed by atoms with E-state index in [1.165, 1.54) is 6.92 Å². The molecule has 0 N–H and O–H groups in total. The van der Waals surface area contributed by atoms with Crippen LogP contribution in [0.25, 0.3) is 5.65 Å². The Morgan fingerprint density at radius 3 is 3.00 bits per heavy atom. The van der Waals surface area contributed by atoms with E-state index in [1.54, 1.807) is 36.0 Å². The molecule has 0 atom stereocenters. The van der Waals surface area contributed by atoms with Crippen molar-refractivity contribution >= 4 is 11.4 Å². The Kier molecular flexibility index (Phi) is 3.39. The van der Waals surface area contributed by atoms with E-state index >= 15 is 0 Å². The summed E-state index contributed by atoms with van der Waals surface area (Å²) in [6, 6.07) is 3.60. The van der Waals surface area contributed by atoms with Crippen molar-refractivity contribution in [2.75, 3.05) is 20.3 Å². The quantitative estimate of drug-likeness (QED) is 0.582. The first-order chi connectivity index (χ1) is 8.22. The SMILES string of the molecule is COCCOc1ccn2c(C(C)=O)cnc2c1. The molecule has 2 rings (SSSR count). The van der Waals surface area contributed by atoms with Gasteiger partial charge >= 0.3 is 0 Å². The van der Waals surface area contributed by atoms with Crippen LogP contribution in [0.1, 0.15) is 17.4 Å². The second kappa shape index (κ2) is 4.97. The number of carbonyl (C=O) groups is 1. The van der Waals surface area contributed by atoms with Crippen LogP contribution in [0.15, 0.2) is 24.5 Å². The van der Waals surface area contributed by atoms with Crippen molar-refractivity contribution in [3.8, 4) is 5.75 Å². The van der Waals surface area contributed by atoms with Crippen molar-refractivity contribution in [1.29, 1.82) is 0 Å². The molecule has 2 aromatic heterocycles. The van der Waals surface area contributed by atoms with Gasteiger partial charge in [-0.15, -0.1) is 0 Å². The number of hydrogen-bond donors (Lipinski definition) is 0. The summed E-state index contributed by atoms with van der Waals surface area (Å²) in [4.78, 5) is 15.5. The number of ketones is 1. The molecule has 0 radical (unpaired) electrons. The Morgan fingerprint density at radius 2 is 2.29 bits per heavy atom. The van der Waals surface area contributed by atoms with E-state index in [4.69, 9.17) is 9.47 Å². The Labute approximate surface area is 99.0 Å². The standard InChI is InChI=1S/C12H14N2O3/c1-9(15)11-8-13-12-7-10(3-4-14(11)12)17-6-5-16-2/h3-4,7-8H,5-6H2,1-2H3. The summed E-state index contributed by atoms with van der Waals surface area (Å²) in [7, 11) is 1.63. The maximum absolute atomic E-state index is 11.3. The van der Waals surface area contributed by atoms with Gasteiger partial charge < -0.3 is 9.47 Å². The summed E-state index contributed by atoms with van der Waals surface area (Å²) >= 11 is 0. The van der Waals surface area contributed by atoms with Crippen molar-refractivity contribution in [2.45, 2.75) is 6.92 Å². The predicted molar refractivity (Wildman–Crippen MR) is 62.6 cm³/mol. The summed E-state index contributed by atoms with van der Waals surface area (Å²) in [6.07, 6.45) is 3.35. The molecule has 0 saturated carbocycles. The zero-order valence-electron chi connectivity index (χ0n) is 9.84. The van der Waals surface area contributed by atoms with Crippen LogP contribution in [0.2, 0.25) is 0 Å². The van der Waals surface area contributed by atoms with Gasteiger partial charge in [0.1, 0.15) is 23.7 Å². The lowest BCUT2D eigenvalue weighted by atomic mass is 10.3. The highest BCUT2D eigenvalue weighted by Gasteiger charge is 2.07. The average molecular weight is 234 g/mol. The number of hydrogen-bond acceptors (Lipinski definition) is 4. The summed E-state index contributed by atoms with van der Waals surface area (Å²) in [6.45, 7) is 2.55. The molecule has 0 amide bonds. The summed E-state index contributed by atoms with van der Waals surface area (Å²) < 4.78 is 12.1.